The molecule has 0 aromatic carbocycles. The van der Waals surface area contributed by atoms with Gasteiger partial charge < -0.3 is 9.84 Å². The third-order valence-electron chi connectivity index (χ3n) is 2.56. The van der Waals surface area contributed by atoms with E-state index in [0.717, 1.165) is 19.3 Å². The van der Waals surface area contributed by atoms with Crippen LogP contribution in [0.5, 0.6) is 0 Å². The van der Waals surface area contributed by atoms with Gasteiger partial charge in [-0.3, -0.25) is 10.1 Å². The van der Waals surface area contributed by atoms with Crippen molar-refractivity contribution in [3.8, 4) is 0 Å². The van der Waals surface area contributed by atoms with Gasteiger partial charge in [0.05, 0.1) is 6.61 Å². The molecule has 0 amide bonds. The number of hydrogen-bond donors (Lipinski definition) is 2. The van der Waals surface area contributed by atoms with Crippen LogP contribution in [0.15, 0.2) is 0 Å². The van der Waals surface area contributed by atoms with Crippen LogP contribution in [0.4, 0.5) is 0 Å². The van der Waals surface area contributed by atoms with Crippen molar-refractivity contribution in [1.82, 2.24) is 5.32 Å². The number of rotatable bonds is 5. The SMILES string of the molecule is COCC(C)NC1(C(=O)O)CCC1. The molecular weight excluding hydrogens is 170 g/mol. The van der Waals surface area contributed by atoms with Crippen LogP contribution in [-0.2, 0) is 9.53 Å². The zero-order chi connectivity index (χ0) is 9.90. The maximum Gasteiger partial charge on any atom is 0.323 e. The summed E-state index contributed by atoms with van der Waals surface area (Å²) in [5.74, 6) is -0.735. The Morgan fingerprint density at radius 1 is 1.69 bits per heavy atom. The Balaban J connectivity index is 2.44. The van der Waals surface area contributed by atoms with Gasteiger partial charge in [-0.05, 0) is 26.2 Å². The molecule has 0 spiro atoms. The van der Waals surface area contributed by atoms with Crippen LogP contribution in [0.25, 0.3) is 0 Å². The third kappa shape index (κ3) is 2.19. The van der Waals surface area contributed by atoms with Gasteiger partial charge in [0, 0.05) is 13.2 Å². The van der Waals surface area contributed by atoms with Gasteiger partial charge in [-0.1, -0.05) is 0 Å². The fraction of sp³-hybridized carbons (Fsp3) is 0.889. The first-order chi connectivity index (χ1) is 6.10. The first-order valence-electron chi connectivity index (χ1n) is 4.61. The number of methoxy groups -OCH3 is 1. The van der Waals surface area contributed by atoms with E-state index < -0.39 is 11.5 Å². The molecule has 13 heavy (non-hydrogen) atoms. The lowest BCUT2D eigenvalue weighted by Crippen LogP contribution is -2.60. The molecule has 4 nitrogen and oxygen atoms in total. The number of carbonyl (C=O) groups is 1. The van der Waals surface area contributed by atoms with Crippen molar-refractivity contribution >= 4 is 5.97 Å². The maximum atomic E-state index is 10.9. The third-order valence-corrected chi connectivity index (χ3v) is 2.56. The van der Waals surface area contributed by atoms with Gasteiger partial charge in [0.1, 0.15) is 5.54 Å². The minimum atomic E-state index is -0.735. The molecule has 76 valence electrons. The van der Waals surface area contributed by atoms with Gasteiger partial charge in [-0.2, -0.15) is 0 Å². The van der Waals surface area contributed by atoms with E-state index >= 15 is 0 Å². The molecule has 0 bridgehead atoms. The molecule has 1 fully saturated rings. The average molecular weight is 187 g/mol. The summed E-state index contributed by atoms with van der Waals surface area (Å²) in [7, 11) is 1.62. The van der Waals surface area contributed by atoms with Gasteiger partial charge in [-0.15, -0.1) is 0 Å². The minimum absolute atomic E-state index is 0.0985. The highest BCUT2D eigenvalue weighted by Gasteiger charge is 2.44. The largest absolute Gasteiger partial charge is 0.480 e. The molecule has 1 aliphatic rings. The zero-order valence-corrected chi connectivity index (χ0v) is 8.17. The van der Waals surface area contributed by atoms with Gasteiger partial charge in [0.2, 0.25) is 0 Å². The van der Waals surface area contributed by atoms with Crippen molar-refractivity contribution in [3.63, 3.8) is 0 Å². The molecule has 2 N–H and O–H groups in total. The molecule has 0 radical (unpaired) electrons. The van der Waals surface area contributed by atoms with Crippen molar-refractivity contribution in [2.45, 2.75) is 37.8 Å². The molecular formula is C9H17NO3. The molecule has 0 aromatic heterocycles. The Labute approximate surface area is 78.3 Å². The number of carboxylic acids is 1. The van der Waals surface area contributed by atoms with Crippen molar-refractivity contribution < 1.29 is 14.6 Å². The molecule has 1 rings (SSSR count). The van der Waals surface area contributed by atoms with E-state index in [1.807, 2.05) is 6.92 Å². The standard InChI is InChI=1S/C9H17NO3/c1-7(6-13-2)10-9(8(11)12)4-3-5-9/h7,10H,3-6H2,1-2H3,(H,11,12). The number of hydrogen-bond acceptors (Lipinski definition) is 3. The summed E-state index contributed by atoms with van der Waals surface area (Å²) in [6.45, 7) is 2.49. The van der Waals surface area contributed by atoms with Crippen LogP contribution in [0.3, 0.4) is 0 Å². The van der Waals surface area contributed by atoms with E-state index in [0.29, 0.717) is 6.61 Å². The fourth-order valence-electron chi connectivity index (χ4n) is 1.71. The molecule has 0 saturated heterocycles. The molecule has 1 aliphatic carbocycles. The number of nitrogens with one attached hydrogen (secondary N) is 1. The van der Waals surface area contributed by atoms with Gasteiger partial charge >= 0.3 is 5.97 Å². The topological polar surface area (TPSA) is 58.6 Å². The van der Waals surface area contributed by atoms with E-state index in [4.69, 9.17) is 9.84 Å². The Morgan fingerprint density at radius 3 is 2.62 bits per heavy atom. The predicted molar refractivity (Wildman–Crippen MR) is 48.7 cm³/mol. The number of carboxylic acid groups (broad SMARTS) is 1. The molecule has 1 atom stereocenters. The highest BCUT2D eigenvalue weighted by molar-refractivity contribution is 5.80. The highest BCUT2D eigenvalue weighted by atomic mass is 16.5. The summed E-state index contributed by atoms with van der Waals surface area (Å²) in [6.07, 6.45) is 2.46. The second kappa shape index (κ2) is 4.07. The predicted octanol–water partition coefficient (Wildman–Crippen LogP) is 0.618. The van der Waals surface area contributed by atoms with Crippen LogP contribution in [-0.4, -0.2) is 36.4 Å². The molecule has 1 unspecified atom stereocenters. The van der Waals surface area contributed by atoms with Crippen LogP contribution in [0, 0.1) is 0 Å². The van der Waals surface area contributed by atoms with Crippen LogP contribution in [0.2, 0.25) is 0 Å². The van der Waals surface area contributed by atoms with E-state index in [1.54, 1.807) is 7.11 Å². The smallest absolute Gasteiger partial charge is 0.323 e. The first-order valence-corrected chi connectivity index (χ1v) is 4.61. The molecule has 4 heteroatoms. The average Bonchev–Trinajstić information content (AvgIpc) is 1.96. The molecule has 0 aromatic rings. The van der Waals surface area contributed by atoms with Crippen molar-refractivity contribution in [3.05, 3.63) is 0 Å². The zero-order valence-electron chi connectivity index (χ0n) is 8.17. The van der Waals surface area contributed by atoms with Crippen LogP contribution < -0.4 is 5.32 Å². The lowest BCUT2D eigenvalue weighted by Gasteiger charge is -2.40. The lowest BCUT2D eigenvalue weighted by molar-refractivity contribution is -0.149. The fourth-order valence-corrected chi connectivity index (χ4v) is 1.71. The number of aliphatic carboxylic acids is 1. The lowest BCUT2D eigenvalue weighted by atomic mass is 9.76. The minimum Gasteiger partial charge on any atom is -0.480 e. The Kier molecular flexibility index (Phi) is 3.27. The molecule has 0 aliphatic heterocycles. The Hall–Kier alpha value is -0.610. The van der Waals surface area contributed by atoms with E-state index in [2.05, 4.69) is 5.32 Å². The van der Waals surface area contributed by atoms with Gasteiger partial charge in [0.15, 0.2) is 0 Å². The van der Waals surface area contributed by atoms with Crippen molar-refractivity contribution in [2.75, 3.05) is 13.7 Å². The second-order valence-corrected chi connectivity index (χ2v) is 3.74. The Morgan fingerprint density at radius 2 is 2.31 bits per heavy atom. The summed E-state index contributed by atoms with van der Waals surface area (Å²) in [6, 6.07) is 0.0985. The Bertz CT molecular complexity index is 189. The second-order valence-electron chi connectivity index (χ2n) is 3.74. The van der Waals surface area contributed by atoms with Crippen molar-refractivity contribution in [2.24, 2.45) is 0 Å². The summed E-state index contributed by atoms with van der Waals surface area (Å²) >= 11 is 0. The van der Waals surface area contributed by atoms with Crippen LogP contribution in [0.1, 0.15) is 26.2 Å². The molecule has 1 saturated carbocycles. The van der Waals surface area contributed by atoms with E-state index in [1.165, 1.54) is 0 Å². The van der Waals surface area contributed by atoms with E-state index in [-0.39, 0.29) is 6.04 Å². The normalized spacial score (nSPS) is 22.0. The summed E-state index contributed by atoms with van der Waals surface area (Å²) in [5, 5.41) is 12.1. The maximum absolute atomic E-state index is 10.9. The highest BCUT2D eigenvalue weighted by Crippen LogP contribution is 2.32. The summed E-state index contributed by atoms with van der Waals surface area (Å²) in [4.78, 5) is 10.9. The van der Waals surface area contributed by atoms with E-state index in [9.17, 15) is 4.79 Å². The van der Waals surface area contributed by atoms with Crippen LogP contribution >= 0.6 is 0 Å². The quantitative estimate of drug-likeness (QED) is 0.662. The molecule has 0 heterocycles. The monoisotopic (exact) mass is 187 g/mol. The first kappa shape index (κ1) is 10.5. The van der Waals surface area contributed by atoms with Gasteiger partial charge in [0.25, 0.3) is 0 Å². The number of ether oxygens (including phenoxy) is 1. The summed E-state index contributed by atoms with van der Waals surface area (Å²) < 4.78 is 4.94. The van der Waals surface area contributed by atoms with Crippen molar-refractivity contribution in [1.29, 1.82) is 0 Å². The van der Waals surface area contributed by atoms with Gasteiger partial charge in [-0.25, -0.2) is 0 Å². The summed E-state index contributed by atoms with van der Waals surface area (Å²) in [5.41, 5.74) is -0.669.